The molecule has 1 aromatic rings. The van der Waals surface area contributed by atoms with Gasteiger partial charge in [0.15, 0.2) is 7.91 Å². The van der Waals surface area contributed by atoms with E-state index in [2.05, 4.69) is 16.8 Å². The lowest BCUT2D eigenvalue weighted by Crippen LogP contribution is -1.88. The summed E-state index contributed by atoms with van der Waals surface area (Å²) in [6.07, 6.45) is 1.41. The average molecular weight is 236 g/mol. The highest BCUT2D eigenvalue weighted by Gasteiger charge is 1.84. The van der Waals surface area contributed by atoms with Gasteiger partial charge < -0.3 is 5.11 Å². The molecule has 0 bridgehead atoms. The van der Waals surface area contributed by atoms with Crippen LogP contribution in [0.1, 0.15) is 6.42 Å². The summed E-state index contributed by atoms with van der Waals surface area (Å²) in [4.78, 5) is 9.53. The fraction of sp³-hybridized carbons (Fsp3) is 0.167. The molecule has 7 heteroatoms. The number of carbonyl (C=O) groups is 1. The molecule has 0 fully saturated rings. The molecule has 4 nitrogen and oxygen atoms in total. The van der Waals surface area contributed by atoms with E-state index < -0.39 is 5.97 Å². The molecule has 0 spiro atoms. The number of hydrogen-bond donors (Lipinski definition) is 3. The molecule has 0 unspecified atom stereocenters. The van der Waals surface area contributed by atoms with Gasteiger partial charge in [-0.15, -0.1) is 6.58 Å². The Hall–Kier alpha value is -0.790. The number of H-pyrrole nitrogens is 2. The molecule has 0 atom stereocenters. The second kappa shape index (κ2) is 6.70. The molecular formula is C6H8N2O2S3. The maximum absolute atomic E-state index is 9.53. The fourth-order valence-electron chi connectivity index (χ4n) is 0.361. The Morgan fingerprint density at radius 3 is 2.08 bits per heavy atom. The van der Waals surface area contributed by atoms with Gasteiger partial charge in [0.2, 0.25) is 0 Å². The van der Waals surface area contributed by atoms with Crippen molar-refractivity contribution in [2.45, 2.75) is 6.42 Å². The summed E-state index contributed by atoms with van der Waals surface area (Å²) in [5, 5.41) is 13.2. The van der Waals surface area contributed by atoms with Crippen LogP contribution in [-0.2, 0) is 4.79 Å². The zero-order valence-electron chi connectivity index (χ0n) is 6.57. The molecule has 72 valence electrons. The lowest BCUT2D eigenvalue weighted by Gasteiger charge is -1.75. The van der Waals surface area contributed by atoms with Crippen LogP contribution in [0.25, 0.3) is 0 Å². The molecule has 0 aromatic carbocycles. The van der Waals surface area contributed by atoms with E-state index in [1.165, 1.54) is 17.4 Å². The highest BCUT2D eigenvalue weighted by molar-refractivity contribution is 7.75. The number of hydrogen-bond acceptors (Lipinski definition) is 4. The zero-order chi connectivity index (χ0) is 10.3. The van der Waals surface area contributed by atoms with E-state index in [9.17, 15) is 4.79 Å². The van der Waals surface area contributed by atoms with Crippen LogP contribution in [0.3, 0.4) is 0 Å². The summed E-state index contributed by atoms with van der Waals surface area (Å²) in [5.41, 5.74) is 0. The molecule has 1 heterocycles. The first-order valence-corrected chi connectivity index (χ1v) is 4.80. The number of aromatic amines is 2. The predicted molar refractivity (Wildman–Crippen MR) is 57.1 cm³/mol. The van der Waals surface area contributed by atoms with Crippen LogP contribution in [0.15, 0.2) is 12.7 Å². The van der Waals surface area contributed by atoms with Crippen molar-refractivity contribution in [2.24, 2.45) is 0 Å². The van der Waals surface area contributed by atoms with Crippen LogP contribution in [-0.4, -0.2) is 21.3 Å². The minimum atomic E-state index is -0.829. The summed E-state index contributed by atoms with van der Waals surface area (Å²) in [7, 11) is 0. The fourth-order valence-corrected chi connectivity index (χ4v) is 1.49. The molecule has 0 radical (unpaired) electrons. The lowest BCUT2D eigenvalue weighted by molar-refractivity contribution is -0.135. The van der Waals surface area contributed by atoms with Crippen LogP contribution < -0.4 is 0 Å². The van der Waals surface area contributed by atoms with Crippen LogP contribution >= 0.6 is 35.8 Å². The first kappa shape index (κ1) is 12.2. The molecule has 0 saturated heterocycles. The molecule has 0 saturated carbocycles. The second-order valence-electron chi connectivity index (χ2n) is 1.81. The van der Waals surface area contributed by atoms with Crippen molar-refractivity contribution < 1.29 is 9.90 Å². The molecule has 0 aliphatic carbocycles. The first-order chi connectivity index (χ1) is 6.06. The topological polar surface area (TPSA) is 68.9 Å². The van der Waals surface area contributed by atoms with Gasteiger partial charge in [-0.1, -0.05) is 17.4 Å². The van der Waals surface area contributed by atoms with E-state index >= 15 is 0 Å². The normalized spacial score (nSPS) is 8.31. The van der Waals surface area contributed by atoms with Crippen LogP contribution in [0.2, 0.25) is 0 Å². The minimum absolute atomic E-state index is 0.0556. The molecule has 13 heavy (non-hydrogen) atoms. The summed E-state index contributed by atoms with van der Waals surface area (Å²) in [6.45, 7) is 3.22. The summed E-state index contributed by atoms with van der Waals surface area (Å²) < 4.78 is 1.40. The average Bonchev–Trinajstić information content (AvgIpc) is 2.35. The molecule has 1 rings (SSSR count). The summed E-state index contributed by atoms with van der Waals surface area (Å²) in [6, 6.07) is 0. The number of nitrogens with one attached hydrogen (secondary N) is 2. The van der Waals surface area contributed by atoms with Crippen molar-refractivity contribution in [3.05, 3.63) is 20.6 Å². The SMILES string of the molecule is C=CCC(=O)O.S=c1[nH][nH]c(=S)s1. The van der Waals surface area contributed by atoms with Gasteiger partial charge in [-0.25, -0.2) is 0 Å². The van der Waals surface area contributed by atoms with Crippen molar-refractivity contribution in [2.75, 3.05) is 0 Å². The van der Waals surface area contributed by atoms with Crippen molar-refractivity contribution in [3.8, 4) is 0 Å². The van der Waals surface area contributed by atoms with Gasteiger partial charge in [0.25, 0.3) is 0 Å². The summed E-state index contributed by atoms with van der Waals surface area (Å²) >= 11 is 10.8. The molecule has 0 aliphatic rings. The van der Waals surface area contributed by atoms with E-state index in [4.69, 9.17) is 29.5 Å². The Labute approximate surface area is 88.9 Å². The monoisotopic (exact) mass is 236 g/mol. The van der Waals surface area contributed by atoms with Gasteiger partial charge in [-0.3, -0.25) is 15.0 Å². The van der Waals surface area contributed by atoms with Crippen LogP contribution in [0.4, 0.5) is 0 Å². The molecular weight excluding hydrogens is 228 g/mol. The van der Waals surface area contributed by atoms with Crippen molar-refractivity contribution >= 4 is 41.7 Å². The van der Waals surface area contributed by atoms with E-state index in [1.807, 2.05) is 0 Å². The number of aromatic nitrogens is 2. The Morgan fingerprint density at radius 2 is 2.00 bits per heavy atom. The van der Waals surface area contributed by atoms with Crippen molar-refractivity contribution in [1.82, 2.24) is 10.2 Å². The highest BCUT2D eigenvalue weighted by Crippen LogP contribution is 1.94. The predicted octanol–water partition coefficient (Wildman–Crippen LogP) is 2.51. The van der Waals surface area contributed by atoms with Crippen molar-refractivity contribution in [1.29, 1.82) is 0 Å². The second-order valence-corrected chi connectivity index (χ2v) is 4.17. The lowest BCUT2D eigenvalue weighted by atomic mass is 10.4. The van der Waals surface area contributed by atoms with Gasteiger partial charge >= 0.3 is 5.97 Å². The van der Waals surface area contributed by atoms with Crippen LogP contribution in [0.5, 0.6) is 0 Å². The van der Waals surface area contributed by atoms with E-state index in [1.54, 1.807) is 0 Å². The standard InChI is InChI=1S/C4H6O2.C2H2N2S3/c1-2-3-4(5)6;5-1-3-4-2(6)7-1/h2H,1,3H2,(H,5,6);(H,3,5)(H,4,6). The zero-order valence-corrected chi connectivity index (χ0v) is 9.02. The summed E-state index contributed by atoms with van der Waals surface area (Å²) in [5.74, 6) is -0.829. The smallest absolute Gasteiger partial charge is 0.307 e. The van der Waals surface area contributed by atoms with Crippen LogP contribution in [0, 0.1) is 7.91 Å². The highest BCUT2D eigenvalue weighted by atomic mass is 32.2. The number of carboxylic acids is 1. The number of aliphatic carboxylic acids is 1. The van der Waals surface area contributed by atoms with Gasteiger partial charge in [0, 0.05) is 0 Å². The van der Waals surface area contributed by atoms with E-state index in [0.29, 0.717) is 7.91 Å². The van der Waals surface area contributed by atoms with Gasteiger partial charge in [-0.2, -0.15) is 0 Å². The largest absolute Gasteiger partial charge is 0.481 e. The molecule has 3 N–H and O–H groups in total. The third kappa shape index (κ3) is 7.57. The Morgan fingerprint density at radius 1 is 1.54 bits per heavy atom. The first-order valence-electron chi connectivity index (χ1n) is 3.16. The maximum atomic E-state index is 9.53. The maximum Gasteiger partial charge on any atom is 0.307 e. The van der Waals surface area contributed by atoms with Gasteiger partial charge in [0.1, 0.15) is 0 Å². The number of rotatable bonds is 2. The van der Waals surface area contributed by atoms with E-state index in [-0.39, 0.29) is 6.42 Å². The van der Waals surface area contributed by atoms with Gasteiger partial charge in [-0.05, 0) is 24.4 Å². The van der Waals surface area contributed by atoms with Crippen molar-refractivity contribution in [3.63, 3.8) is 0 Å². The molecule has 0 amide bonds. The Bertz CT molecular complexity index is 351. The third-order valence-electron chi connectivity index (χ3n) is 0.771. The van der Waals surface area contributed by atoms with E-state index in [0.717, 1.165) is 0 Å². The Kier molecular flexibility index (Phi) is 6.29. The minimum Gasteiger partial charge on any atom is -0.481 e. The third-order valence-corrected chi connectivity index (χ3v) is 2.05. The molecule has 1 aromatic heterocycles. The van der Waals surface area contributed by atoms with Gasteiger partial charge in [0.05, 0.1) is 6.42 Å². The molecule has 0 aliphatic heterocycles. The number of carboxylic acid groups (broad SMARTS) is 1. The Balaban J connectivity index is 0.000000226. The quantitative estimate of drug-likeness (QED) is 0.545.